The highest BCUT2D eigenvalue weighted by atomic mass is 16.5. The second-order valence-corrected chi connectivity index (χ2v) is 7.59. The van der Waals surface area contributed by atoms with Crippen molar-refractivity contribution in [2.45, 2.75) is 13.8 Å². The van der Waals surface area contributed by atoms with Gasteiger partial charge in [0, 0.05) is 11.1 Å². The van der Waals surface area contributed by atoms with Crippen molar-refractivity contribution in [2.75, 3.05) is 13.2 Å². The molecule has 32 heavy (non-hydrogen) atoms. The zero-order valence-corrected chi connectivity index (χ0v) is 17.7. The van der Waals surface area contributed by atoms with E-state index in [-0.39, 0.29) is 0 Å². The predicted octanol–water partition coefficient (Wildman–Crippen LogP) is 5.20. The van der Waals surface area contributed by atoms with Crippen LogP contribution in [0.5, 0.6) is 11.5 Å². The fourth-order valence-electron chi connectivity index (χ4n) is 4.07. The maximum absolute atomic E-state index is 11.3. The van der Waals surface area contributed by atoms with E-state index >= 15 is 0 Å². The summed E-state index contributed by atoms with van der Waals surface area (Å²) in [5, 5.41) is 22.1. The first-order valence-corrected chi connectivity index (χ1v) is 10.1. The highest BCUT2D eigenvalue weighted by Gasteiger charge is 2.22. The Labute approximate surface area is 184 Å². The molecule has 4 aromatic carbocycles. The van der Waals surface area contributed by atoms with Gasteiger partial charge < -0.3 is 19.7 Å². The van der Waals surface area contributed by atoms with Crippen LogP contribution < -0.4 is 9.47 Å². The Balaban J connectivity index is 2.12. The monoisotopic (exact) mass is 430 g/mol. The van der Waals surface area contributed by atoms with Gasteiger partial charge in [0.2, 0.25) is 0 Å². The number of carboxylic acids is 2. The van der Waals surface area contributed by atoms with Crippen LogP contribution in [-0.2, 0) is 9.59 Å². The molecule has 0 aromatic heterocycles. The molecule has 0 bridgehead atoms. The maximum Gasteiger partial charge on any atom is 0.341 e. The molecule has 0 atom stereocenters. The van der Waals surface area contributed by atoms with Gasteiger partial charge in [-0.1, -0.05) is 48.5 Å². The van der Waals surface area contributed by atoms with Gasteiger partial charge in [0.25, 0.3) is 0 Å². The second kappa shape index (κ2) is 8.59. The summed E-state index contributed by atoms with van der Waals surface area (Å²) >= 11 is 0. The van der Waals surface area contributed by atoms with Gasteiger partial charge in [0.1, 0.15) is 11.5 Å². The summed E-state index contributed by atoms with van der Waals surface area (Å²) in [6, 6.07) is 19.2. The Morgan fingerprint density at radius 2 is 1.00 bits per heavy atom. The minimum absolute atomic E-state index is 0.401. The van der Waals surface area contributed by atoms with Crippen LogP contribution >= 0.6 is 0 Å². The Kier molecular flexibility index (Phi) is 5.69. The number of rotatable bonds is 7. The number of benzene rings is 4. The molecule has 6 heteroatoms. The number of aryl methyl sites for hydroxylation is 2. The molecule has 6 nitrogen and oxygen atoms in total. The van der Waals surface area contributed by atoms with Gasteiger partial charge in [-0.15, -0.1) is 0 Å². The van der Waals surface area contributed by atoms with E-state index in [0.717, 1.165) is 32.7 Å². The Morgan fingerprint density at radius 1 is 0.656 bits per heavy atom. The quantitative estimate of drug-likeness (QED) is 0.418. The molecular formula is C26H22O6. The summed E-state index contributed by atoms with van der Waals surface area (Å²) in [6.45, 7) is 2.88. The lowest BCUT2D eigenvalue weighted by Crippen LogP contribution is -2.12. The van der Waals surface area contributed by atoms with Crippen molar-refractivity contribution in [3.63, 3.8) is 0 Å². The number of carboxylic acid groups (broad SMARTS) is 2. The third-order valence-electron chi connectivity index (χ3n) is 5.38. The summed E-state index contributed by atoms with van der Waals surface area (Å²) in [4.78, 5) is 22.5. The fraction of sp³-hybridized carbons (Fsp3) is 0.154. The van der Waals surface area contributed by atoms with Crippen molar-refractivity contribution >= 4 is 33.5 Å². The van der Waals surface area contributed by atoms with Crippen LogP contribution in [0.4, 0.5) is 0 Å². The molecule has 0 fully saturated rings. The van der Waals surface area contributed by atoms with Gasteiger partial charge >= 0.3 is 11.9 Å². The van der Waals surface area contributed by atoms with E-state index in [2.05, 4.69) is 0 Å². The van der Waals surface area contributed by atoms with Gasteiger partial charge in [0.15, 0.2) is 13.2 Å². The molecule has 0 heterocycles. The van der Waals surface area contributed by atoms with Crippen molar-refractivity contribution in [3.05, 3.63) is 71.8 Å². The Morgan fingerprint density at radius 3 is 1.34 bits per heavy atom. The Hall–Kier alpha value is -4.06. The SMILES string of the molecule is Cc1cc(OCC(=O)O)c(-c2c(OCC(=O)O)cc(C)c3ccccc23)c2ccccc12. The minimum atomic E-state index is -1.09. The van der Waals surface area contributed by atoms with Crippen LogP contribution in [0.1, 0.15) is 11.1 Å². The predicted molar refractivity (Wildman–Crippen MR) is 123 cm³/mol. The normalized spacial score (nSPS) is 10.9. The first kappa shape index (κ1) is 21.2. The van der Waals surface area contributed by atoms with Crippen molar-refractivity contribution in [1.29, 1.82) is 0 Å². The van der Waals surface area contributed by atoms with E-state index in [9.17, 15) is 19.8 Å². The second-order valence-electron chi connectivity index (χ2n) is 7.59. The summed E-state index contributed by atoms with van der Waals surface area (Å²) < 4.78 is 11.5. The van der Waals surface area contributed by atoms with Gasteiger partial charge in [-0.2, -0.15) is 0 Å². The van der Waals surface area contributed by atoms with Crippen LogP contribution in [0.3, 0.4) is 0 Å². The van der Waals surface area contributed by atoms with E-state index in [4.69, 9.17) is 9.47 Å². The zero-order chi connectivity index (χ0) is 22.8. The largest absolute Gasteiger partial charge is 0.481 e. The molecule has 0 saturated heterocycles. The number of aliphatic carboxylic acids is 2. The molecule has 0 unspecified atom stereocenters. The highest BCUT2D eigenvalue weighted by Crippen LogP contribution is 2.47. The third-order valence-corrected chi connectivity index (χ3v) is 5.38. The van der Waals surface area contributed by atoms with Crippen LogP contribution in [0.2, 0.25) is 0 Å². The molecule has 0 radical (unpaired) electrons. The number of fused-ring (bicyclic) bond motifs is 2. The first-order valence-electron chi connectivity index (χ1n) is 10.1. The molecule has 4 rings (SSSR count). The average molecular weight is 430 g/mol. The van der Waals surface area contributed by atoms with Gasteiger partial charge in [0.05, 0.1) is 0 Å². The lowest BCUT2D eigenvalue weighted by Gasteiger charge is -2.21. The molecule has 0 amide bonds. The molecule has 0 aliphatic heterocycles. The van der Waals surface area contributed by atoms with Crippen molar-refractivity contribution < 1.29 is 29.3 Å². The van der Waals surface area contributed by atoms with Crippen LogP contribution in [0, 0.1) is 13.8 Å². The number of carbonyl (C=O) groups is 2. The van der Waals surface area contributed by atoms with E-state index in [1.807, 2.05) is 74.5 Å². The molecular weight excluding hydrogens is 408 g/mol. The molecule has 162 valence electrons. The highest BCUT2D eigenvalue weighted by molar-refractivity contribution is 6.11. The average Bonchev–Trinajstić information content (AvgIpc) is 2.77. The number of hydrogen-bond donors (Lipinski definition) is 2. The number of ether oxygens (including phenoxy) is 2. The van der Waals surface area contributed by atoms with E-state index in [0.29, 0.717) is 22.6 Å². The standard InChI is InChI=1S/C26H22O6/c1-15-11-21(31-13-23(27)28)25(19-9-5-3-7-17(15)19)26-20-10-6-4-8-18(20)16(2)12-22(26)32-14-24(29)30/h3-12H,13-14H2,1-2H3,(H,27,28)(H,29,30). The first-order chi connectivity index (χ1) is 15.4. The summed E-state index contributed by atoms with van der Waals surface area (Å²) in [6.07, 6.45) is 0. The molecule has 2 N–H and O–H groups in total. The molecule has 0 aliphatic rings. The fourth-order valence-corrected chi connectivity index (χ4v) is 4.07. The van der Waals surface area contributed by atoms with Gasteiger partial charge in [-0.3, -0.25) is 0 Å². The lowest BCUT2D eigenvalue weighted by molar-refractivity contribution is -0.140. The van der Waals surface area contributed by atoms with Gasteiger partial charge in [-0.25, -0.2) is 9.59 Å². The number of hydrogen-bond acceptors (Lipinski definition) is 4. The smallest absolute Gasteiger partial charge is 0.341 e. The van der Waals surface area contributed by atoms with Crippen LogP contribution in [-0.4, -0.2) is 35.4 Å². The van der Waals surface area contributed by atoms with Crippen molar-refractivity contribution in [1.82, 2.24) is 0 Å². The topological polar surface area (TPSA) is 93.1 Å². The molecule has 0 spiro atoms. The summed E-state index contributed by atoms with van der Waals surface area (Å²) in [5.74, 6) is -1.37. The summed E-state index contributed by atoms with van der Waals surface area (Å²) in [5.41, 5.74) is 3.22. The maximum atomic E-state index is 11.3. The van der Waals surface area contributed by atoms with Crippen molar-refractivity contribution in [3.8, 4) is 22.6 Å². The van der Waals surface area contributed by atoms with Gasteiger partial charge in [-0.05, 0) is 58.7 Å². The van der Waals surface area contributed by atoms with Crippen LogP contribution in [0.25, 0.3) is 32.7 Å². The van der Waals surface area contributed by atoms with E-state index < -0.39 is 25.2 Å². The third kappa shape index (κ3) is 3.95. The molecule has 0 aliphatic carbocycles. The molecule has 0 saturated carbocycles. The zero-order valence-electron chi connectivity index (χ0n) is 17.7. The Bertz CT molecular complexity index is 1250. The molecule has 4 aromatic rings. The van der Waals surface area contributed by atoms with E-state index in [1.165, 1.54) is 0 Å². The van der Waals surface area contributed by atoms with Crippen molar-refractivity contribution in [2.24, 2.45) is 0 Å². The lowest BCUT2D eigenvalue weighted by atomic mass is 9.89. The van der Waals surface area contributed by atoms with E-state index in [1.54, 1.807) is 0 Å². The summed E-state index contributed by atoms with van der Waals surface area (Å²) in [7, 11) is 0. The minimum Gasteiger partial charge on any atom is -0.481 e. The van der Waals surface area contributed by atoms with Crippen LogP contribution in [0.15, 0.2) is 60.7 Å².